The van der Waals surface area contributed by atoms with Gasteiger partial charge in [0.05, 0.1) is 13.2 Å². The van der Waals surface area contributed by atoms with Gasteiger partial charge in [0.1, 0.15) is 31.2 Å². The molecular weight excluding hydrogens is 376 g/mol. The Morgan fingerprint density at radius 3 is 2.45 bits per heavy atom. The molecule has 0 amide bonds. The minimum atomic E-state index is -0.950. The maximum atomic E-state index is 10.9. The van der Waals surface area contributed by atoms with Gasteiger partial charge in [0.2, 0.25) is 0 Å². The van der Waals surface area contributed by atoms with Crippen molar-refractivity contribution >= 4 is 0 Å². The molecule has 29 heavy (non-hydrogen) atoms. The molecule has 0 spiro atoms. The predicted octanol–water partition coefficient (Wildman–Crippen LogP) is 2.39. The van der Waals surface area contributed by atoms with E-state index >= 15 is 0 Å². The van der Waals surface area contributed by atoms with Crippen molar-refractivity contribution < 1.29 is 33.5 Å². The summed E-state index contributed by atoms with van der Waals surface area (Å²) in [5.41, 5.74) is 1.93. The van der Waals surface area contributed by atoms with E-state index in [1.54, 1.807) is 0 Å². The minimum Gasteiger partial charge on any atom is -0.387 e. The van der Waals surface area contributed by atoms with E-state index in [1.807, 2.05) is 60.7 Å². The molecule has 156 valence electrons. The first-order chi connectivity index (χ1) is 14.3. The zero-order valence-electron chi connectivity index (χ0n) is 16.3. The highest BCUT2D eigenvalue weighted by Crippen LogP contribution is 2.35. The van der Waals surface area contributed by atoms with Gasteiger partial charge in [0.25, 0.3) is 0 Å². The minimum absolute atomic E-state index is 0.00413. The second-order valence-electron chi connectivity index (χ2n) is 7.03. The van der Waals surface area contributed by atoms with E-state index in [0.717, 1.165) is 11.1 Å². The number of rotatable bonds is 7. The summed E-state index contributed by atoms with van der Waals surface area (Å²) in [6, 6.07) is 19.4. The van der Waals surface area contributed by atoms with Crippen LogP contribution < -0.4 is 0 Å². The molecule has 2 aliphatic heterocycles. The number of benzene rings is 2. The first-order valence-electron chi connectivity index (χ1n) is 9.68. The summed E-state index contributed by atoms with van der Waals surface area (Å²) in [7, 11) is 1.51. The zero-order chi connectivity index (χ0) is 20.1. The average molecular weight is 402 g/mol. The lowest BCUT2D eigenvalue weighted by atomic mass is 9.97. The molecule has 0 saturated carbocycles. The van der Waals surface area contributed by atoms with Crippen molar-refractivity contribution in [1.82, 2.24) is 0 Å². The van der Waals surface area contributed by atoms with Gasteiger partial charge in [0, 0.05) is 12.7 Å². The quantitative estimate of drug-likeness (QED) is 0.563. The fourth-order valence-electron chi connectivity index (χ4n) is 3.57. The Morgan fingerprint density at radius 2 is 1.72 bits per heavy atom. The molecule has 1 N–H and O–H groups in total. The SMILES string of the molecule is CO[C@H]1O[C@@H]2CO[C@@H](c3ccccc3)O[C@H]2[C@H](O)[C@H]1OCOCc1ccccc1. The van der Waals surface area contributed by atoms with Gasteiger partial charge in [0.15, 0.2) is 12.6 Å². The number of aliphatic hydroxyl groups is 1. The molecule has 2 aliphatic rings. The third-order valence-electron chi connectivity index (χ3n) is 5.07. The van der Waals surface area contributed by atoms with Crippen molar-refractivity contribution in [3.63, 3.8) is 0 Å². The molecule has 7 nitrogen and oxygen atoms in total. The molecule has 2 aromatic carbocycles. The average Bonchev–Trinajstić information content (AvgIpc) is 2.78. The number of hydrogen-bond acceptors (Lipinski definition) is 7. The van der Waals surface area contributed by atoms with Crippen LogP contribution in [-0.4, -0.2) is 56.3 Å². The van der Waals surface area contributed by atoms with Gasteiger partial charge < -0.3 is 33.5 Å². The van der Waals surface area contributed by atoms with Crippen LogP contribution in [0.5, 0.6) is 0 Å². The molecule has 0 radical (unpaired) electrons. The van der Waals surface area contributed by atoms with E-state index < -0.39 is 37.0 Å². The summed E-state index contributed by atoms with van der Waals surface area (Å²) < 4.78 is 34.4. The predicted molar refractivity (Wildman–Crippen MR) is 103 cm³/mol. The standard InChI is InChI=1S/C22H26O7/c1-24-22-20(27-14-25-12-15-8-4-2-5-9-15)18(23)19-17(28-22)13-26-21(29-19)16-10-6-3-7-11-16/h2-11,17-23H,12-14H2,1H3/t17-,18+,19-,20-,21-,22+/m1/s1. The molecule has 4 rings (SSSR count). The van der Waals surface area contributed by atoms with Crippen molar-refractivity contribution in [2.45, 2.75) is 43.6 Å². The van der Waals surface area contributed by atoms with Gasteiger partial charge in [-0.15, -0.1) is 0 Å². The number of aliphatic hydroxyl groups excluding tert-OH is 1. The molecule has 2 heterocycles. The third-order valence-corrected chi connectivity index (χ3v) is 5.07. The number of fused-ring (bicyclic) bond motifs is 1. The molecule has 0 aromatic heterocycles. The number of hydrogen-bond donors (Lipinski definition) is 1. The normalized spacial score (nSPS) is 31.9. The molecule has 0 bridgehead atoms. The monoisotopic (exact) mass is 402 g/mol. The van der Waals surface area contributed by atoms with E-state index in [2.05, 4.69) is 0 Å². The van der Waals surface area contributed by atoms with E-state index in [0.29, 0.717) is 13.2 Å². The largest absolute Gasteiger partial charge is 0.387 e. The van der Waals surface area contributed by atoms with Gasteiger partial charge in [-0.1, -0.05) is 60.7 Å². The van der Waals surface area contributed by atoms with Crippen LogP contribution in [0.4, 0.5) is 0 Å². The lowest BCUT2D eigenvalue weighted by Crippen LogP contribution is -2.62. The topological polar surface area (TPSA) is 75.6 Å². The van der Waals surface area contributed by atoms with Crippen LogP contribution in [0.3, 0.4) is 0 Å². The van der Waals surface area contributed by atoms with Crippen molar-refractivity contribution in [1.29, 1.82) is 0 Å². The van der Waals surface area contributed by atoms with Crippen LogP contribution >= 0.6 is 0 Å². The Kier molecular flexibility index (Phi) is 6.89. The maximum absolute atomic E-state index is 10.9. The van der Waals surface area contributed by atoms with Gasteiger partial charge in [-0.3, -0.25) is 0 Å². The Hall–Kier alpha value is -1.84. The van der Waals surface area contributed by atoms with Gasteiger partial charge in [-0.2, -0.15) is 0 Å². The Balaban J connectivity index is 1.36. The van der Waals surface area contributed by atoms with Crippen molar-refractivity contribution in [3.05, 3.63) is 71.8 Å². The Bertz CT molecular complexity index is 741. The van der Waals surface area contributed by atoms with Gasteiger partial charge in [-0.25, -0.2) is 0 Å². The molecule has 0 unspecified atom stereocenters. The number of methoxy groups -OCH3 is 1. The van der Waals surface area contributed by atoms with E-state index in [4.69, 9.17) is 28.4 Å². The summed E-state index contributed by atoms with van der Waals surface area (Å²) >= 11 is 0. The van der Waals surface area contributed by atoms with Crippen molar-refractivity contribution in [3.8, 4) is 0 Å². The second-order valence-corrected chi connectivity index (χ2v) is 7.03. The van der Waals surface area contributed by atoms with Crippen LogP contribution in [0.2, 0.25) is 0 Å². The van der Waals surface area contributed by atoms with Crippen LogP contribution in [0.1, 0.15) is 17.4 Å². The van der Waals surface area contributed by atoms with Crippen LogP contribution in [0, 0.1) is 0 Å². The first kappa shape index (κ1) is 20.4. The molecule has 0 aliphatic carbocycles. The highest BCUT2D eigenvalue weighted by molar-refractivity contribution is 5.17. The summed E-state index contributed by atoms with van der Waals surface area (Å²) in [6.45, 7) is 0.697. The lowest BCUT2D eigenvalue weighted by molar-refractivity contribution is -0.367. The van der Waals surface area contributed by atoms with Crippen molar-refractivity contribution in [2.24, 2.45) is 0 Å². The molecule has 7 heteroatoms. The number of ether oxygens (including phenoxy) is 6. The fraction of sp³-hybridized carbons (Fsp3) is 0.455. The molecule has 2 fully saturated rings. The van der Waals surface area contributed by atoms with Crippen LogP contribution in [0.25, 0.3) is 0 Å². The summed E-state index contributed by atoms with van der Waals surface area (Å²) in [5, 5.41) is 10.9. The lowest BCUT2D eigenvalue weighted by Gasteiger charge is -2.47. The fourth-order valence-corrected chi connectivity index (χ4v) is 3.57. The van der Waals surface area contributed by atoms with Crippen molar-refractivity contribution in [2.75, 3.05) is 20.5 Å². The first-order valence-corrected chi connectivity index (χ1v) is 9.68. The summed E-state index contributed by atoms with van der Waals surface area (Å²) in [4.78, 5) is 0. The molecule has 2 aromatic rings. The molecule has 6 atom stereocenters. The highest BCUT2D eigenvalue weighted by Gasteiger charge is 2.50. The van der Waals surface area contributed by atoms with E-state index in [9.17, 15) is 5.11 Å². The Labute approximate surface area is 170 Å². The Morgan fingerprint density at radius 1 is 1.00 bits per heavy atom. The van der Waals surface area contributed by atoms with Gasteiger partial charge >= 0.3 is 0 Å². The highest BCUT2D eigenvalue weighted by atomic mass is 16.8. The molecule has 2 saturated heterocycles. The second kappa shape index (κ2) is 9.77. The summed E-state index contributed by atoms with van der Waals surface area (Å²) in [6.07, 6.45) is -4.04. The summed E-state index contributed by atoms with van der Waals surface area (Å²) in [5.74, 6) is 0. The maximum Gasteiger partial charge on any atom is 0.186 e. The van der Waals surface area contributed by atoms with Crippen LogP contribution in [0.15, 0.2) is 60.7 Å². The zero-order valence-corrected chi connectivity index (χ0v) is 16.3. The molecular formula is C22H26O7. The van der Waals surface area contributed by atoms with Gasteiger partial charge in [-0.05, 0) is 5.56 Å². The third kappa shape index (κ3) is 4.84. The van der Waals surface area contributed by atoms with Crippen LogP contribution in [-0.2, 0) is 35.0 Å². The van der Waals surface area contributed by atoms with E-state index in [1.165, 1.54) is 7.11 Å². The smallest absolute Gasteiger partial charge is 0.186 e. The van der Waals surface area contributed by atoms with E-state index in [-0.39, 0.29) is 6.79 Å².